The van der Waals surface area contributed by atoms with Crippen molar-refractivity contribution in [1.29, 1.82) is 5.26 Å². The van der Waals surface area contributed by atoms with E-state index in [1.165, 1.54) is 12.7 Å². The molecule has 0 fully saturated rings. The van der Waals surface area contributed by atoms with Crippen molar-refractivity contribution in [2.24, 2.45) is 5.92 Å². The highest BCUT2D eigenvalue weighted by Gasteiger charge is 2.20. The van der Waals surface area contributed by atoms with Gasteiger partial charge >= 0.3 is 0 Å². The molecule has 3 N–H and O–H groups in total. The number of hydrogen-bond donors (Lipinski definition) is 3. The number of carbonyl (C=O) groups is 2. The summed E-state index contributed by atoms with van der Waals surface area (Å²) >= 11 is 0. The van der Waals surface area contributed by atoms with Crippen molar-refractivity contribution in [3.8, 4) is 17.3 Å². The standard InChI is InChI=1S/C29H30N8O2/c1-18(19(2)22-6-4-7-23-26(22)36-17-37-27(23)29(39)31-3)15-33-25-14-24(34-16-35-25)20-8-10-21(11-9-20)28(38)32-13-5-12-30/h4,6-11,14,16-19H,5,13,15H2,1-3H3,(H,31,39)(H,32,38)(H,33,34,35)/t18-,19?/m1/s1. The lowest BCUT2D eigenvalue weighted by atomic mass is 9.87. The molecule has 4 aromatic rings. The van der Waals surface area contributed by atoms with Gasteiger partial charge in [-0.1, -0.05) is 44.2 Å². The highest BCUT2D eigenvalue weighted by molar-refractivity contribution is 6.04. The lowest BCUT2D eigenvalue weighted by Gasteiger charge is -2.22. The Balaban J connectivity index is 1.44. The fourth-order valence-corrected chi connectivity index (χ4v) is 4.26. The molecule has 0 aliphatic rings. The third-order valence-corrected chi connectivity index (χ3v) is 6.72. The molecular formula is C29H30N8O2. The first-order valence-electron chi connectivity index (χ1n) is 12.7. The summed E-state index contributed by atoms with van der Waals surface area (Å²) < 4.78 is 0. The van der Waals surface area contributed by atoms with E-state index in [4.69, 9.17) is 5.26 Å². The number of fused-ring (bicyclic) bond motifs is 1. The molecule has 0 saturated heterocycles. The molecule has 0 aliphatic carbocycles. The van der Waals surface area contributed by atoms with Gasteiger partial charge in [-0.25, -0.2) is 19.9 Å². The number of rotatable bonds is 10. The van der Waals surface area contributed by atoms with E-state index in [-0.39, 0.29) is 30.1 Å². The van der Waals surface area contributed by atoms with Crippen LogP contribution < -0.4 is 16.0 Å². The number of nitrogens with one attached hydrogen (secondary N) is 3. The topological polar surface area (TPSA) is 146 Å². The Morgan fingerprint density at radius 3 is 2.49 bits per heavy atom. The number of para-hydroxylation sites is 1. The minimum Gasteiger partial charge on any atom is -0.370 e. The van der Waals surface area contributed by atoms with Crippen molar-refractivity contribution in [1.82, 2.24) is 30.6 Å². The zero-order chi connectivity index (χ0) is 27.8. The Morgan fingerprint density at radius 2 is 1.74 bits per heavy atom. The average molecular weight is 523 g/mol. The highest BCUT2D eigenvalue weighted by atomic mass is 16.2. The van der Waals surface area contributed by atoms with Crippen LogP contribution in [0.3, 0.4) is 0 Å². The second-order valence-corrected chi connectivity index (χ2v) is 9.22. The first-order chi connectivity index (χ1) is 18.9. The molecule has 0 radical (unpaired) electrons. The van der Waals surface area contributed by atoms with Gasteiger partial charge in [0.15, 0.2) is 0 Å². The van der Waals surface area contributed by atoms with Crippen LogP contribution in [0, 0.1) is 17.2 Å². The first-order valence-corrected chi connectivity index (χ1v) is 12.7. The van der Waals surface area contributed by atoms with Crippen LogP contribution in [0.5, 0.6) is 0 Å². The zero-order valence-electron chi connectivity index (χ0n) is 22.1. The number of hydrogen-bond acceptors (Lipinski definition) is 8. The third kappa shape index (κ3) is 6.33. The maximum absolute atomic E-state index is 12.3. The van der Waals surface area contributed by atoms with Crippen molar-refractivity contribution < 1.29 is 9.59 Å². The SMILES string of the molecule is CNC(=O)c1ncnc2c(C(C)[C@H](C)CNc3cc(-c4ccc(C(=O)NCCC#N)cc4)ncn3)cccc12. The summed E-state index contributed by atoms with van der Waals surface area (Å²) in [6.45, 7) is 5.27. The van der Waals surface area contributed by atoms with Gasteiger partial charge < -0.3 is 16.0 Å². The summed E-state index contributed by atoms with van der Waals surface area (Å²) in [4.78, 5) is 41.9. The minimum atomic E-state index is -0.241. The fraction of sp³-hybridized carbons (Fsp3) is 0.276. The zero-order valence-corrected chi connectivity index (χ0v) is 22.1. The summed E-state index contributed by atoms with van der Waals surface area (Å²) in [7, 11) is 1.59. The lowest BCUT2D eigenvalue weighted by molar-refractivity contribution is 0.0948. The molecular weight excluding hydrogens is 492 g/mol. The molecule has 4 rings (SSSR count). The van der Waals surface area contributed by atoms with Gasteiger partial charge in [0.25, 0.3) is 11.8 Å². The van der Waals surface area contributed by atoms with Crippen LogP contribution >= 0.6 is 0 Å². The van der Waals surface area contributed by atoms with Crippen LogP contribution in [0.15, 0.2) is 61.2 Å². The Labute approximate surface area is 226 Å². The molecule has 198 valence electrons. The van der Waals surface area contributed by atoms with Crippen molar-refractivity contribution >= 4 is 28.5 Å². The molecule has 2 aromatic carbocycles. The Morgan fingerprint density at radius 1 is 0.974 bits per heavy atom. The van der Waals surface area contributed by atoms with E-state index in [2.05, 4.69) is 49.7 Å². The predicted molar refractivity (Wildman–Crippen MR) is 149 cm³/mol. The van der Waals surface area contributed by atoms with Gasteiger partial charge in [-0.2, -0.15) is 5.26 Å². The predicted octanol–water partition coefficient (Wildman–Crippen LogP) is 3.94. The average Bonchev–Trinajstić information content (AvgIpc) is 2.98. The number of nitrogens with zero attached hydrogens (tertiary/aromatic N) is 5. The highest BCUT2D eigenvalue weighted by Crippen LogP contribution is 2.30. The fourth-order valence-electron chi connectivity index (χ4n) is 4.26. The monoisotopic (exact) mass is 522 g/mol. The Bertz CT molecular complexity index is 1510. The minimum absolute atomic E-state index is 0.141. The molecule has 2 heterocycles. The van der Waals surface area contributed by atoms with E-state index in [1.807, 2.05) is 42.5 Å². The normalized spacial score (nSPS) is 12.3. The molecule has 0 spiro atoms. The summed E-state index contributed by atoms with van der Waals surface area (Å²) in [5, 5.41) is 18.1. The Kier molecular flexibility index (Phi) is 8.74. The van der Waals surface area contributed by atoms with E-state index < -0.39 is 0 Å². The van der Waals surface area contributed by atoms with E-state index >= 15 is 0 Å². The smallest absolute Gasteiger partial charge is 0.270 e. The number of nitriles is 1. The third-order valence-electron chi connectivity index (χ3n) is 6.72. The van der Waals surface area contributed by atoms with Crippen LogP contribution in [0.2, 0.25) is 0 Å². The number of benzene rings is 2. The summed E-state index contributed by atoms with van der Waals surface area (Å²) in [5.74, 6) is 0.593. The molecule has 2 amide bonds. The van der Waals surface area contributed by atoms with Crippen molar-refractivity contribution in [2.75, 3.05) is 25.5 Å². The van der Waals surface area contributed by atoms with Crippen LogP contribution in [-0.2, 0) is 0 Å². The van der Waals surface area contributed by atoms with Gasteiger partial charge in [0, 0.05) is 42.7 Å². The summed E-state index contributed by atoms with van der Waals surface area (Å²) in [6.07, 6.45) is 3.21. The van der Waals surface area contributed by atoms with Gasteiger partial charge in [0.05, 0.1) is 23.7 Å². The number of carbonyl (C=O) groups excluding carboxylic acids is 2. The quantitative estimate of drug-likeness (QED) is 0.266. The lowest BCUT2D eigenvalue weighted by Crippen LogP contribution is -2.24. The maximum Gasteiger partial charge on any atom is 0.270 e. The van der Waals surface area contributed by atoms with E-state index in [0.717, 1.165) is 27.7 Å². The largest absolute Gasteiger partial charge is 0.370 e. The van der Waals surface area contributed by atoms with E-state index in [1.54, 1.807) is 19.2 Å². The van der Waals surface area contributed by atoms with Crippen molar-refractivity contribution in [3.05, 3.63) is 78.0 Å². The van der Waals surface area contributed by atoms with Gasteiger partial charge in [0.1, 0.15) is 24.2 Å². The van der Waals surface area contributed by atoms with Crippen LogP contribution in [0.25, 0.3) is 22.2 Å². The van der Waals surface area contributed by atoms with Crippen LogP contribution in [-0.4, -0.2) is 51.9 Å². The van der Waals surface area contributed by atoms with Gasteiger partial charge in [0.2, 0.25) is 0 Å². The van der Waals surface area contributed by atoms with Crippen molar-refractivity contribution in [3.63, 3.8) is 0 Å². The molecule has 2 aromatic heterocycles. The number of amides is 2. The second-order valence-electron chi connectivity index (χ2n) is 9.22. The molecule has 10 heteroatoms. The molecule has 0 saturated carbocycles. The van der Waals surface area contributed by atoms with Crippen molar-refractivity contribution in [2.45, 2.75) is 26.2 Å². The van der Waals surface area contributed by atoms with Crippen LogP contribution in [0.4, 0.5) is 5.82 Å². The van der Waals surface area contributed by atoms with Gasteiger partial charge in [-0.05, 0) is 29.5 Å². The molecule has 0 aliphatic heterocycles. The first kappa shape index (κ1) is 27.1. The molecule has 10 nitrogen and oxygen atoms in total. The molecule has 1 unspecified atom stereocenters. The molecule has 0 bridgehead atoms. The number of aromatic nitrogens is 4. The van der Waals surface area contributed by atoms with E-state index in [9.17, 15) is 9.59 Å². The summed E-state index contributed by atoms with van der Waals surface area (Å²) in [6, 6.07) is 16.9. The second kappa shape index (κ2) is 12.6. The molecule has 2 atom stereocenters. The van der Waals surface area contributed by atoms with Gasteiger partial charge in [-0.3, -0.25) is 9.59 Å². The van der Waals surface area contributed by atoms with E-state index in [0.29, 0.717) is 30.2 Å². The summed E-state index contributed by atoms with van der Waals surface area (Å²) in [5.41, 5.74) is 4.30. The molecule has 39 heavy (non-hydrogen) atoms. The maximum atomic E-state index is 12.3. The van der Waals surface area contributed by atoms with Gasteiger partial charge in [-0.15, -0.1) is 0 Å². The Hall–Kier alpha value is -4.91. The van der Waals surface area contributed by atoms with Crippen LogP contribution in [0.1, 0.15) is 52.6 Å². The number of anilines is 1.